The predicted octanol–water partition coefficient (Wildman–Crippen LogP) is 3.79. The maximum atomic E-state index is 14.4. The number of rotatable bonds is 11. The number of hydrogen-bond donors (Lipinski definition) is 2. The van der Waals surface area contributed by atoms with Gasteiger partial charge in [0.2, 0.25) is 5.88 Å². The SMILES string of the molecule is COC(=O)c1c(OCc2c(F)ccc(OC)c2F)nsc1NC(=O)NCCCCN1CCCC1. The normalized spacial score (nSPS) is 13.5. The molecule has 0 radical (unpaired) electrons. The molecule has 0 aliphatic carbocycles. The molecule has 2 aromatic rings. The number of nitrogens with zero attached hydrogens (tertiary/aromatic N) is 2. The van der Waals surface area contributed by atoms with Crippen molar-refractivity contribution in [1.82, 2.24) is 14.6 Å². The van der Waals surface area contributed by atoms with Gasteiger partial charge in [0, 0.05) is 6.54 Å². The molecule has 0 saturated carbocycles. The molecule has 1 fully saturated rings. The fraction of sp³-hybridized carbons (Fsp3) is 0.500. The molecule has 34 heavy (non-hydrogen) atoms. The minimum absolute atomic E-state index is 0.100. The first-order valence-corrected chi connectivity index (χ1v) is 11.7. The smallest absolute Gasteiger partial charge is 0.346 e. The second-order valence-electron chi connectivity index (χ2n) is 7.65. The number of benzene rings is 1. The number of carbonyl (C=O) groups is 2. The van der Waals surface area contributed by atoms with Crippen LogP contribution in [0.25, 0.3) is 0 Å². The van der Waals surface area contributed by atoms with Gasteiger partial charge in [0.1, 0.15) is 17.4 Å². The van der Waals surface area contributed by atoms with Gasteiger partial charge in [0.15, 0.2) is 17.1 Å². The first kappa shape index (κ1) is 25.6. The Morgan fingerprint density at radius 1 is 1.18 bits per heavy atom. The van der Waals surface area contributed by atoms with Gasteiger partial charge in [-0.1, -0.05) is 0 Å². The maximum Gasteiger partial charge on any atom is 0.346 e. The van der Waals surface area contributed by atoms with Gasteiger partial charge in [-0.05, 0) is 69.0 Å². The van der Waals surface area contributed by atoms with Gasteiger partial charge < -0.3 is 24.4 Å². The van der Waals surface area contributed by atoms with E-state index in [1.54, 1.807) is 0 Å². The van der Waals surface area contributed by atoms with Crippen LogP contribution in [0.4, 0.5) is 18.6 Å². The van der Waals surface area contributed by atoms with Crippen molar-refractivity contribution in [2.75, 3.05) is 45.7 Å². The van der Waals surface area contributed by atoms with E-state index < -0.39 is 30.2 Å². The first-order valence-electron chi connectivity index (χ1n) is 10.9. The molecule has 0 bridgehead atoms. The summed E-state index contributed by atoms with van der Waals surface area (Å²) in [6.07, 6.45) is 4.28. The van der Waals surface area contributed by atoms with Crippen LogP contribution in [-0.2, 0) is 11.3 Å². The Kier molecular flexibility index (Phi) is 9.40. The standard InChI is InChI=1S/C22H28F2N4O5S/c1-31-16-8-7-15(23)14(18(16)24)13-33-19-17(21(29)32-2)20(34-27-19)26-22(30)25-9-3-4-10-28-11-5-6-12-28/h7-8H,3-6,9-13H2,1-2H3,(H2,25,26,30). The van der Waals surface area contributed by atoms with Gasteiger partial charge in [-0.3, -0.25) is 5.32 Å². The summed E-state index contributed by atoms with van der Waals surface area (Å²) in [5, 5.41) is 5.40. The van der Waals surface area contributed by atoms with Crippen LogP contribution in [0, 0.1) is 11.6 Å². The summed E-state index contributed by atoms with van der Waals surface area (Å²) in [7, 11) is 2.42. The number of unbranched alkanes of at least 4 members (excludes halogenated alkanes) is 1. The van der Waals surface area contributed by atoms with E-state index in [4.69, 9.17) is 14.2 Å². The Labute approximate surface area is 200 Å². The van der Waals surface area contributed by atoms with Crippen molar-refractivity contribution < 1.29 is 32.6 Å². The van der Waals surface area contributed by atoms with Crippen LogP contribution >= 0.6 is 11.5 Å². The van der Waals surface area contributed by atoms with E-state index in [9.17, 15) is 18.4 Å². The second kappa shape index (κ2) is 12.5. The molecule has 1 aromatic heterocycles. The maximum absolute atomic E-state index is 14.4. The van der Waals surface area contributed by atoms with Gasteiger partial charge in [0.25, 0.3) is 0 Å². The molecular weight excluding hydrogens is 470 g/mol. The molecule has 1 saturated heterocycles. The summed E-state index contributed by atoms with van der Waals surface area (Å²) in [5.41, 5.74) is -0.523. The Bertz CT molecular complexity index is 998. The number of anilines is 1. The zero-order valence-corrected chi connectivity index (χ0v) is 19.9. The topological polar surface area (TPSA) is 102 Å². The molecule has 12 heteroatoms. The summed E-state index contributed by atoms with van der Waals surface area (Å²) in [5.74, 6) is -2.92. The molecule has 2 N–H and O–H groups in total. The quantitative estimate of drug-likeness (QED) is 0.359. The predicted molar refractivity (Wildman–Crippen MR) is 123 cm³/mol. The molecule has 0 spiro atoms. The van der Waals surface area contributed by atoms with Crippen LogP contribution in [-0.4, -0.2) is 61.7 Å². The molecule has 0 atom stereocenters. The molecular formula is C22H28F2N4O5S. The van der Waals surface area contributed by atoms with E-state index in [0.29, 0.717) is 6.54 Å². The number of amides is 2. The molecule has 1 aromatic carbocycles. The number of carbonyl (C=O) groups excluding carboxylic acids is 2. The summed E-state index contributed by atoms with van der Waals surface area (Å²) in [4.78, 5) is 27.0. The highest BCUT2D eigenvalue weighted by Crippen LogP contribution is 2.32. The molecule has 2 heterocycles. The monoisotopic (exact) mass is 498 g/mol. The number of hydrogen-bond acceptors (Lipinski definition) is 8. The Balaban J connectivity index is 1.58. The zero-order chi connectivity index (χ0) is 24.5. The molecule has 186 valence electrons. The highest BCUT2D eigenvalue weighted by atomic mass is 32.1. The lowest BCUT2D eigenvalue weighted by molar-refractivity contribution is 0.0596. The lowest BCUT2D eigenvalue weighted by Gasteiger charge is -2.14. The third-order valence-corrected chi connectivity index (χ3v) is 6.13. The van der Waals surface area contributed by atoms with E-state index in [1.165, 1.54) is 20.0 Å². The summed E-state index contributed by atoms with van der Waals surface area (Å²) < 4.78 is 47.5. The van der Waals surface area contributed by atoms with Crippen molar-refractivity contribution in [3.05, 3.63) is 34.9 Å². The van der Waals surface area contributed by atoms with E-state index in [2.05, 4.69) is 19.9 Å². The van der Waals surface area contributed by atoms with Crippen LogP contribution in [0.1, 0.15) is 41.6 Å². The van der Waals surface area contributed by atoms with E-state index in [-0.39, 0.29) is 27.8 Å². The van der Waals surface area contributed by atoms with Crippen LogP contribution in [0.3, 0.4) is 0 Å². The van der Waals surface area contributed by atoms with Gasteiger partial charge in [-0.25, -0.2) is 18.4 Å². The van der Waals surface area contributed by atoms with Crippen molar-refractivity contribution in [1.29, 1.82) is 0 Å². The Morgan fingerprint density at radius 3 is 2.65 bits per heavy atom. The van der Waals surface area contributed by atoms with Crippen molar-refractivity contribution in [2.24, 2.45) is 0 Å². The lowest BCUT2D eigenvalue weighted by Crippen LogP contribution is -2.30. The zero-order valence-electron chi connectivity index (χ0n) is 19.1. The van der Waals surface area contributed by atoms with Crippen molar-refractivity contribution >= 4 is 28.5 Å². The molecule has 3 rings (SSSR count). The Hall–Kier alpha value is -2.99. The second-order valence-corrected chi connectivity index (χ2v) is 8.42. The fourth-order valence-corrected chi connectivity index (χ4v) is 4.28. The number of aromatic nitrogens is 1. The van der Waals surface area contributed by atoms with Crippen molar-refractivity contribution in [3.63, 3.8) is 0 Å². The van der Waals surface area contributed by atoms with Crippen molar-refractivity contribution in [3.8, 4) is 11.6 Å². The lowest BCUT2D eigenvalue weighted by atomic mass is 10.2. The molecule has 1 aliphatic heterocycles. The number of nitrogens with one attached hydrogen (secondary N) is 2. The number of halogens is 2. The van der Waals surface area contributed by atoms with Crippen LogP contribution in [0.15, 0.2) is 12.1 Å². The largest absolute Gasteiger partial charge is 0.494 e. The number of methoxy groups -OCH3 is 2. The molecule has 0 unspecified atom stereocenters. The number of likely N-dealkylation sites (tertiary alicyclic amines) is 1. The van der Waals surface area contributed by atoms with Crippen LogP contribution in [0.2, 0.25) is 0 Å². The summed E-state index contributed by atoms with van der Waals surface area (Å²) in [6.45, 7) is 3.21. The van der Waals surface area contributed by atoms with Gasteiger partial charge in [-0.15, -0.1) is 0 Å². The Morgan fingerprint density at radius 2 is 1.94 bits per heavy atom. The molecule has 1 aliphatic rings. The highest BCUT2D eigenvalue weighted by molar-refractivity contribution is 7.11. The van der Waals surface area contributed by atoms with Crippen LogP contribution < -0.4 is 20.1 Å². The van der Waals surface area contributed by atoms with E-state index >= 15 is 0 Å². The summed E-state index contributed by atoms with van der Waals surface area (Å²) >= 11 is 0.793. The average Bonchev–Trinajstić information content (AvgIpc) is 3.48. The average molecular weight is 499 g/mol. The highest BCUT2D eigenvalue weighted by Gasteiger charge is 2.26. The first-order chi connectivity index (χ1) is 16.4. The van der Waals surface area contributed by atoms with Crippen LogP contribution in [0.5, 0.6) is 11.6 Å². The number of ether oxygens (including phenoxy) is 3. The minimum Gasteiger partial charge on any atom is -0.494 e. The third-order valence-electron chi connectivity index (χ3n) is 5.39. The van der Waals surface area contributed by atoms with E-state index in [1.807, 2.05) is 0 Å². The minimum atomic E-state index is -0.917. The summed E-state index contributed by atoms with van der Waals surface area (Å²) in [6, 6.07) is 1.70. The fourth-order valence-electron chi connectivity index (χ4n) is 3.56. The molecule has 9 nitrogen and oxygen atoms in total. The number of urea groups is 1. The number of esters is 1. The van der Waals surface area contributed by atoms with Gasteiger partial charge in [-0.2, -0.15) is 4.37 Å². The van der Waals surface area contributed by atoms with E-state index in [0.717, 1.165) is 63.3 Å². The van der Waals surface area contributed by atoms with Gasteiger partial charge in [0.05, 0.1) is 19.8 Å². The van der Waals surface area contributed by atoms with Crippen molar-refractivity contribution in [2.45, 2.75) is 32.3 Å². The third kappa shape index (κ3) is 6.54. The van der Waals surface area contributed by atoms with Gasteiger partial charge >= 0.3 is 12.0 Å². The molecule has 2 amide bonds.